The molecule has 0 aliphatic heterocycles. The molecule has 28 heavy (non-hydrogen) atoms. The summed E-state index contributed by atoms with van der Waals surface area (Å²) >= 11 is 0. The fourth-order valence-electron chi connectivity index (χ4n) is 1.32. The van der Waals surface area contributed by atoms with E-state index in [0.717, 1.165) is 0 Å². The summed E-state index contributed by atoms with van der Waals surface area (Å²) in [5.41, 5.74) is -1.07. The van der Waals surface area contributed by atoms with Gasteiger partial charge in [0.2, 0.25) is 0 Å². The van der Waals surface area contributed by atoms with E-state index < -0.39 is 59.6 Å². The van der Waals surface area contributed by atoms with Crippen molar-refractivity contribution in [3.8, 4) is 0 Å². The molecule has 0 fully saturated rings. The van der Waals surface area contributed by atoms with Crippen LogP contribution in [0.25, 0.3) is 0 Å². The average Bonchev–Trinajstić information content (AvgIpc) is 2.48. The van der Waals surface area contributed by atoms with Crippen LogP contribution in [0.3, 0.4) is 0 Å². The van der Waals surface area contributed by atoms with Crippen LogP contribution in [-0.2, 0) is 38.4 Å². The number of ketones is 4. The van der Waals surface area contributed by atoms with Gasteiger partial charge in [0.05, 0.1) is 6.42 Å². The molecule has 12 nitrogen and oxygen atoms in total. The third kappa shape index (κ3) is 15.6. The minimum absolute atomic E-state index is 0.162. The second-order valence-electron chi connectivity index (χ2n) is 4.92. The van der Waals surface area contributed by atoms with Crippen LogP contribution in [0.5, 0.6) is 0 Å². The smallest absolute Gasteiger partial charge is 0.339 e. The molecular formula is C16H16O12. The van der Waals surface area contributed by atoms with Crippen LogP contribution in [0.1, 0.15) is 26.2 Å². The summed E-state index contributed by atoms with van der Waals surface area (Å²) in [5.74, 6) is -9.27. The molecule has 0 saturated carbocycles. The first kappa shape index (κ1) is 26.3. The highest BCUT2D eigenvalue weighted by Gasteiger charge is 2.17. The maximum absolute atomic E-state index is 11.4. The molecule has 0 aromatic carbocycles. The standard InChI is InChI=1S/C12H10O9.C4H6O3/c13-6(3-7(14)4-10(16)17)1-2-9(15)8(12(20)21)5-11(18)19;1-3(5)2-4(6)7/h1-2,5H,3-4H2,(H,16,17)(H,18,19)(H,20,21);2H2,1H3,(H,6,7)/b2-1+,8-5+;. The van der Waals surface area contributed by atoms with Crippen molar-refractivity contribution in [2.24, 2.45) is 0 Å². The van der Waals surface area contributed by atoms with Crippen molar-refractivity contribution >= 4 is 47.0 Å². The SMILES string of the molecule is CC(=O)CC(=O)O.O=C(O)/C=C(/C(=O)O)C(=O)/C=C/C(=O)CC(=O)CC(=O)O. The predicted molar refractivity (Wildman–Crippen MR) is 87.3 cm³/mol. The van der Waals surface area contributed by atoms with Gasteiger partial charge in [0.25, 0.3) is 0 Å². The number of aliphatic carboxylic acids is 4. The van der Waals surface area contributed by atoms with Gasteiger partial charge in [0.1, 0.15) is 24.2 Å². The molecule has 4 N–H and O–H groups in total. The van der Waals surface area contributed by atoms with E-state index in [1.54, 1.807) is 0 Å². The first-order valence-corrected chi connectivity index (χ1v) is 7.14. The molecule has 0 aromatic rings. The second kappa shape index (κ2) is 13.3. The molecular weight excluding hydrogens is 384 g/mol. The fraction of sp³-hybridized carbons (Fsp3) is 0.250. The number of hydrogen-bond acceptors (Lipinski definition) is 8. The largest absolute Gasteiger partial charge is 0.481 e. The van der Waals surface area contributed by atoms with Gasteiger partial charge in [0, 0.05) is 6.08 Å². The van der Waals surface area contributed by atoms with Crippen molar-refractivity contribution in [3.05, 3.63) is 23.8 Å². The van der Waals surface area contributed by atoms with Gasteiger partial charge in [-0.15, -0.1) is 0 Å². The van der Waals surface area contributed by atoms with Crippen molar-refractivity contribution < 1.29 is 58.8 Å². The molecule has 0 bridgehead atoms. The normalized spacial score (nSPS) is 10.4. The molecule has 12 heteroatoms. The molecule has 0 aromatic heterocycles. The van der Waals surface area contributed by atoms with E-state index in [1.165, 1.54) is 6.92 Å². The number of Topliss-reactive ketones (excluding diaryl/α,β-unsaturated/α-hetero) is 2. The molecule has 0 aliphatic carbocycles. The van der Waals surface area contributed by atoms with E-state index >= 15 is 0 Å². The lowest BCUT2D eigenvalue weighted by Gasteiger charge is -1.96. The molecule has 0 heterocycles. The van der Waals surface area contributed by atoms with E-state index in [9.17, 15) is 38.4 Å². The van der Waals surface area contributed by atoms with E-state index in [1.807, 2.05) is 0 Å². The first-order chi connectivity index (χ1) is 12.8. The van der Waals surface area contributed by atoms with E-state index in [2.05, 4.69) is 0 Å². The summed E-state index contributed by atoms with van der Waals surface area (Å²) in [4.78, 5) is 84.2. The maximum atomic E-state index is 11.4. The fourth-order valence-corrected chi connectivity index (χ4v) is 1.32. The Morgan fingerprint density at radius 2 is 1.21 bits per heavy atom. The number of rotatable bonds is 11. The van der Waals surface area contributed by atoms with Gasteiger partial charge in [-0.2, -0.15) is 0 Å². The summed E-state index contributed by atoms with van der Waals surface area (Å²) in [6.45, 7) is 1.24. The predicted octanol–water partition coefficient (Wildman–Crippen LogP) is -0.740. The Kier molecular flexibility index (Phi) is 12.5. The van der Waals surface area contributed by atoms with Gasteiger partial charge in [-0.1, -0.05) is 0 Å². The quantitative estimate of drug-likeness (QED) is 0.191. The molecule has 0 aliphatic rings. The highest BCUT2D eigenvalue weighted by molar-refractivity contribution is 6.24. The number of carboxylic acids is 4. The summed E-state index contributed by atoms with van der Waals surface area (Å²) in [6, 6.07) is 0. The zero-order valence-corrected chi connectivity index (χ0v) is 14.4. The number of carbonyl (C=O) groups excluding carboxylic acids is 4. The summed E-state index contributed by atoms with van der Waals surface area (Å²) < 4.78 is 0. The molecule has 152 valence electrons. The highest BCUT2D eigenvalue weighted by Crippen LogP contribution is 2.00. The van der Waals surface area contributed by atoms with Crippen LogP contribution in [0.4, 0.5) is 0 Å². The Hall–Kier alpha value is -3.96. The Morgan fingerprint density at radius 1 is 0.714 bits per heavy atom. The van der Waals surface area contributed by atoms with Gasteiger partial charge < -0.3 is 20.4 Å². The van der Waals surface area contributed by atoms with E-state index in [4.69, 9.17) is 20.4 Å². The molecule has 0 rings (SSSR count). The van der Waals surface area contributed by atoms with Crippen LogP contribution in [-0.4, -0.2) is 67.4 Å². The molecule has 0 saturated heterocycles. The average molecular weight is 400 g/mol. The zero-order valence-electron chi connectivity index (χ0n) is 14.4. The van der Waals surface area contributed by atoms with Gasteiger partial charge in [-0.05, 0) is 19.1 Å². The third-order valence-electron chi connectivity index (χ3n) is 2.30. The van der Waals surface area contributed by atoms with Crippen molar-refractivity contribution in [3.63, 3.8) is 0 Å². The minimum atomic E-state index is -1.79. The second-order valence-corrected chi connectivity index (χ2v) is 4.92. The van der Waals surface area contributed by atoms with Crippen LogP contribution in [0.2, 0.25) is 0 Å². The Balaban J connectivity index is 0. The lowest BCUT2D eigenvalue weighted by Crippen LogP contribution is -2.13. The molecule has 0 amide bonds. The first-order valence-electron chi connectivity index (χ1n) is 7.14. The van der Waals surface area contributed by atoms with Crippen LogP contribution >= 0.6 is 0 Å². The lowest BCUT2D eigenvalue weighted by atomic mass is 10.1. The maximum Gasteiger partial charge on any atom is 0.339 e. The number of carbonyl (C=O) groups is 8. The number of carboxylic acid groups (broad SMARTS) is 4. The summed E-state index contributed by atoms with van der Waals surface area (Å²) in [6.07, 6.45) is -0.733. The zero-order chi connectivity index (χ0) is 22.4. The third-order valence-corrected chi connectivity index (χ3v) is 2.30. The molecule has 0 radical (unpaired) electrons. The van der Waals surface area contributed by atoms with Gasteiger partial charge in [-0.25, -0.2) is 9.59 Å². The minimum Gasteiger partial charge on any atom is -0.481 e. The molecule has 0 spiro atoms. The highest BCUT2D eigenvalue weighted by atomic mass is 16.4. The van der Waals surface area contributed by atoms with Crippen molar-refractivity contribution in [1.29, 1.82) is 0 Å². The van der Waals surface area contributed by atoms with Crippen LogP contribution in [0.15, 0.2) is 23.8 Å². The van der Waals surface area contributed by atoms with Crippen LogP contribution < -0.4 is 0 Å². The Bertz CT molecular complexity index is 742. The van der Waals surface area contributed by atoms with Gasteiger partial charge >= 0.3 is 23.9 Å². The topological polar surface area (TPSA) is 217 Å². The van der Waals surface area contributed by atoms with Gasteiger partial charge in [-0.3, -0.25) is 28.8 Å². The molecule has 0 unspecified atom stereocenters. The summed E-state index contributed by atoms with van der Waals surface area (Å²) in [7, 11) is 0. The lowest BCUT2D eigenvalue weighted by molar-refractivity contribution is -0.142. The number of allylic oxidation sites excluding steroid dienone is 2. The summed E-state index contributed by atoms with van der Waals surface area (Å²) in [5, 5.41) is 33.2. The van der Waals surface area contributed by atoms with Crippen molar-refractivity contribution in [1.82, 2.24) is 0 Å². The monoisotopic (exact) mass is 400 g/mol. The van der Waals surface area contributed by atoms with Crippen molar-refractivity contribution in [2.75, 3.05) is 0 Å². The van der Waals surface area contributed by atoms with Gasteiger partial charge in [0.15, 0.2) is 17.3 Å². The molecule has 0 atom stereocenters. The number of hydrogen-bond donors (Lipinski definition) is 4. The van der Waals surface area contributed by atoms with Crippen LogP contribution in [0, 0.1) is 0 Å². The Morgan fingerprint density at radius 3 is 1.54 bits per heavy atom. The van der Waals surface area contributed by atoms with Crippen molar-refractivity contribution in [2.45, 2.75) is 26.2 Å². The Labute approximate surface area is 156 Å². The van der Waals surface area contributed by atoms with E-state index in [0.29, 0.717) is 12.2 Å². The van der Waals surface area contributed by atoms with E-state index in [-0.39, 0.29) is 18.3 Å².